The molecule has 0 fully saturated rings. The van der Waals surface area contributed by atoms with Gasteiger partial charge in [-0.3, -0.25) is 9.59 Å². The smallest absolute Gasteiger partial charge is 0.236 e. The molecule has 0 aliphatic rings. The molecule has 1 aromatic rings. The standard InChI is InChI=1S/C14H18N2O8/c1-8(18)12(21)14(15-16(23)24,9-5-3-2-4-6-9)13(22)11(20)10(19)7-17/h2-6,10-11,13,15,17,19-20,22H,7H2,1H3/t10-,11-,13+,14+/m1/s1. The van der Waals surface area contributed by atoms with Gasteiger partial charge in [0.1, 0.15) is 18.3 Å². The normalized spacial score (nSPS) is 17.2. The summed E-state index contributed by atoms with van der Waals surface area (Å²) in [5.74, 6) is -2.50. The van der Waals surface area contributed by atoms with E-state index in [2.05, 4.69) is 0 Å². The van der Waals surface area contributed by atoms with Crippen LogP contribution in [0.25, 0.3) is 0 Å². The number of carbonyl (C=O) groups excluding carboxylic acids is 2. The lowest BCUT2D eigenvalue weighted by atomic mass is 9.76. The van der Waals surface area contributed by atoms with E-state index in [-0.39, 0.29) is 5.56 Å². The van der Waals surface area contributed by atoms with Gasteiger partial charge in [-0.1, -0.05) is 30.3 Å². The summed E-state index contributed by atoms with van der Waals surface area (Å²) in [4.78, 5) is 35.0. The molecule has 0 aliphatic carbocycles. The van der Waals surface area contributed by atoms with Gasteiger partial charge in [0.05, 0.1) is 6.61 Å². The minimum atomic E-state index is -2.65. The second-order valence-corrected chi connectivity index (χ2v) is 5.11. The quantitative estimate of drug-likeness (QED) is 0.191. The van der Waals surface area contributed by atoms with E-state index in [9.17, 15) is 35.0 Å². The lowest BCUT2D eigenvalue weighted by Crippen LogP contribution is -2.65. The zero-order valence-corrected chi connectivity index (χ0v) is 12.7. The fraction of sp³-hybridized carbons (Fsp3) is 0.429. The maximum absolute atomic E-state index is 12.4. The zero-order valence-electron chi connectivity index (χ0n) is 12.7. The third kappa shape index (κ3) is 3.74. The lowest BCUT2D eigenvalue weighted by Gasteiger charge is -2.36. The number of hydrazine groups is 1. The Bertz CT molecular complexity index is 608. The number of Topliss-reactive ketones (excluding diaryl/α,β-unsaturated/α-hetero) is 2. The van der Waals surface area contributed by atoms with E-state index < -0.39 is 47.1 Å². The van der Waals surface area contributed by atoms with Crippen molar-refractivity contribution in [1.29, 1.82) is 0 Å². The number of aliphatic hydroxyl groups is 4. The number of nitrogens with zero attached hydrogens (tertiary/aromatic N) is 1. The molecule has 10 heteroatoms. The van der Waals surface area contributed by atoms with E-state index in [1.165, 1.54) is 30.3 Å². The summed E-state index contributed by atoms with van der Waals surface area (Å²) in [5, 5.41) is 48.6. The van der Waals surface area contributed by atoms with Gasteiger partial charge in [0.2, 0.25) is 11.3 Å². The number of nitro groups is 1. The predicted octanol–water partition coefficient (Wildman–Crippen LogP) is -2.10. The van der Waals surface area contributed by atoms with Crippen molar-refractivity contribution >= 4 is 11.6 Å². The van der Waals surface area contributed by atoms with Gasteiger partial charge in [-0.15, -0.1) is 5.43 Å². The minimum absolute atomic E-state index is 0.168. The summed E-state index contributed by atoms with van der Waals surface area (Å²) < 4.78 is 0. The third-order valence-electron chi connectivity index (χ3n) is 3.52. The highest BCUT2D eigenvalue weighted by Gasteiger charge is 2.55. The van der Waals surface area contributed by atoms with Crippen molar-refractivity contribution in [2.45, 2.75) is 30.8 Å². The Morgan fingerprint density at radius 3 is 2.21 bits per heavy atom. The Hall–Kier alpha value is -2.40. The maximum atomic E-state index is 12.4. The van der Waals surface area contributed by atoms with Crippen LogP contribution >= 0.6 is 0 Å². The van der Waals surface area contributed by atoms with E-state index in [0.717, 1.165) is 6.92 Å². The molecule has 0 unspecified atom stereocenters. The molecule has 5 N–H and O–H groups in total. The van der Waals surface area contributed by atoms with Crippen LogP contribution in [-0.4, -0.2) is 61.9 Å². The van der Waals surface area contributed by atoms with Crippen LogP contribution < -0.4 is 5.43 Å². The Balaban J connectivity index is 3.60. The molecule has 10 nitrogen and oxygen atoms in total. The first-order chi connectivity index (χ1) is 11.2. The summed E-state index contributed by atoms with van der Waals surface area (Å²) in [6.45, 7) is -0.126. The first-order valence-corrected chi connectivity index (χ1v) is 6.86. The molecular formula is C14H18N2O8. The SMILES string of the molecule is CC(=O)C(=O)[C@@](N[N+](=O)[O-])(c1ccccc1)[C@@H](O)[C@H](O)[C@H](O)CO. The first kappa shape index (κ1) is 19.6. The molecule has 0 aliphatic heterocycles. The third-order valence-corrected chi connectivity index (χ3v) is 3.52. The number of hydrogen-bond acceptors (Lipinski definition) is 8. The molecule has 1 rings (SSSR count). The van der Waals surface area contributed by atoms with E-state index in [1.807, 2.05) is 0 Å². The Kier molecular flexibility index (Phi) is 6.49. The number of hydrogen-bond donors (Lipinski definition) is 5. The van der Waals surface area contributed by atoms with Gasteiger partial charge in [0.15, 0.2) is 10.8 Å². The van der Waals surface area contributed by atoms with Gasteiger partial charge in [0.25, 0.3) is 0 Å². The number of benzene rings is 1. The largest absolute Gasteiger partial charge is 0.394 e. The van der Waals surface area contributed by atoms with E-state index in [1.54, 1.807) is 5.43 Å². The molecule has 0 bridgehead atoms. The number of nitrogens with one attached hydrogen (secondary N) is 1. The van der Waals surface area contributed by atoms with Crippen molar-refractivity contribution in [1.82, 2.24) is 5.43 Å². The van der Waals surface area contributed by atoms with Crippen molar-refractivity contribution in [3.8, 4) is 0 Å². The average molecular weight is 342 g/mol. The van der Waals surface area contributed by atoms with Gasteiger partial charge in [0, 0.05) is 6.92 Å². The number of carbonyl (C=O) groups is 2. The Labute approximate surface area is 136 Å². The molecule has 1 aromatic carbocycles. The van der Waals surface area contributed by atoms with Crippen LogP contribution in [0.1, 0.15) is 12.5 Å². The van der Waals surface area contributed by atoms with Crippen molar-refractivity contribution in [2.75, 3.05) is 6.61 Å². The van der Waals surface area contributed by atoms with Crippen LogP contribution in [0.2, 0.25) is 0 Å². The van der Waals surface area contributed by atoms with Gasteiger partial charge in [-0.25, -0.2) is 10.1 Å². The average Bonchev–Trinajstić information content (AvgIpc) is 2.57. The minimum Gasteiger partial charge on any atom is -0.394 e. The fourth-order valence-corrected chi connectivity index (χ4v) is 2.31. The Morgan fingerprint density at radius 2 is 1.79 bits per heavy atom. The molecule has 0 spiro atoms. The fourth-order valence-electron chi connectivity index (χ4n) is 2.31. The van der Waals surface area contributed by atoms with Crippen LogP contribution in [-0.2, 0) is 15.1 Å². The van der Waals surface area contributed by atoms with Crippen molar-refractivity contribution in [3.63, 3.8) is 0 Å². The zero-order chi connectivity index (χ0) is 18.5. The lowest BCUT2D eigenvalue weighted by molar-refractivity contribution is -0.561. The van der Waals surface area contributed by atoms with Gasteiger partial charge >= 0.3 is 0 Å². The first-order valence-electron chi connectivity index (χ1n) is 6.86. The van der Waals surface area contributed by atoms with Crippen molar-refractivity contribution < 1.29 is 35.0 Å². The van der Waals surface area contributed by atoms with Crippen LogP contribution in [0, 0.1) is 10.1 Å². The highest BCUT2D eigenvalue weighted by molar-refractivity contribution is 6.39. The van der Waals surface area contributed by atoms with Gasteiger partial charge < -0.3 is 20.4 Å². The number of rotatable bonds is 9. The second-order valence-electron chi connectivity index (χ2n) is 5.11. The molecule has 0 radical (unpaired) electrons. The van der Waals surface area contributed by atoms with Crippen LogP contribution in [0.3, 0.4) is 0 Å². The molecule has 4 atom stereocenters. The summed E-state index contributed by atoms with van der Waals surface area (Å²) in [6.07, 6.45) is -6.34. The highest BCUT2D eigenvalue weighted by atomic mass is 16.7. The summed E-state index contributed by atoms with van der Waals surface area (Å²) >= 11 is 0. The van der Waals surface area contributed by atoms with Crippen LogP contribution in [0.15, 0.2) is 30.3 Å². The highest BCUT2D eigenvalue weighted by Crippen LogP contribution is 2.30. The van der Waals surface area contributed by atoms with Gasteiger partial charge in [-0.05, 0) is 5.56 Å². The van der Waals surface area contributed by atoms with Crippen molar-refractivity contribution in [2.24, 2.45) is 0 Å². The monoisotopic (exact) mass is 342 g/mol. The summed E-state index contributed by atoms with van der Waals surface area (Å²) in [7, 11) is 0. The molecule has 0 saturated heterocycles. The number of aliphatic hydroxyl groups excluding tert-OH is 4. The molecule has 0 aromatic heterocycles. The van der Waals surface area contributed by atoms with Crippen LogP contribution in [0.4, 0.5) is 0 Å². The maximum Gasteiger partial charge on any atom is 0.236 e. The molecule has 0 saturated carbocycles. The molecular weight excluding hydrogens is 324 g/mol. The topological polar surface area (TPSA) is 170 Å². The second kappa shape index (κ2) is 7.93. The summed E-state index contributed by atoms with van der Waals surface area (Å²) in [5.41, 5.74) is -1.22. The molecule has 24 heavy (non-hydrogen) atoms. The molecule has 0 amide bonds. The molecule has 132 valence electrons. The predicted molar refractivity (Wildman–Crippen MR) is 79.0 cm³/mol. The van der Waals surface area contributed by atoms with E-state index in [4.69, 9.17) is 5.11 Å². The number of ketones is 2. The Morgan fingerprint density at radius 1 is 1.25 bits per heavy atom. The van der Waals surface area contributed by atoms with E-state index >= 15 is 0 Å². The van der Waals surface area contributed by atoms with Gasteiger partial charge in [-0.2, -0.15) is 0 Å². The van der Waals surface area contributed by atoms with E-state index in [0.29, 0.717) is 0 Å². The van der Waals surface area contributed by atoms with Crippen LogP contribution in [0.5, 0.6) is 0 Å². The summed E-state index contributed by atoms with van der Waals surface area (Å²) in [6, 6.07) is 6.81. The molecule has 0 heterocycles. The van der Waals surface area contributed by atoms with Crippen molar-refractivity contribution in [3.05, 3.63) is 46.0 Å².